The van der Waals surface area contributed by atoms with Crippen LogP contribution in [0.15, 0.2) is 78.4 Å². The molecule has 0 aliphatic carbocycles. The molecule has 4 nitrogen and oxygen atoms in total. The Hall–Kier alpha value is -4.33. The molecule has 3 aromatic carbocycles. The van der Waals surface area contributed by atoms with E-state index < -0.39 is 0 Å². The van der Waals surface area contributed by atoms with Gasteiger partial charge >= 0.3 is 0 Å². The molecule has 0 aliphatic heterocycles. The fourth-order valence-electron chi connectivity index (χ4n) is 3.85. The normalized spacial score (nSPS) is 11.1. The van der Waals surface area contributed by atoms with Gasteiger partial charge in [0.25, 0.3) is 0 Å². The summed E-state index contributed by atoms with van der Waals surface area (Å²) in [6.45, 7) is 13.2. The highest BCUT2D eigenvalue weighted by Gasteiger charge is 2.19. The first-order valence-electron chi connectivity index (χ1n) is 11.6. The van der Waals surface area contributed by atoms with Crippen LogP contribution < -0.4 is 4.90 Å². The summed E-state index contributed by atoms with van der Waals surface area (Å²) in [5, 5.41) is 27.9. The minimum Gasteiger partial charge on any atom is -0.311 e. The van der Waals surface area contributed by atoms with E-state index in [1.54, 1.807) is 12.1 Å². The van der Waals surface area contributed by atoms with Crippen LogP contribution in [0, 0.1) is 34.0 Å². The number of hydrogen-bond donors (Lipinski definition) is 0. The largest absolute Gasteiger partial charge is 0.311 e. The van der Waals surface area contributed by atoms with Gasteiger partial charge in [0, 0.05) is 17.1 Å². The van der Waals surface area contributed by atoms with Crippen molar-refractivity contribution in [1.29, 1.82) is 15.8 Å². The maximum Gasteiger partial charge on any atom is 0.148 e. The number of allylic oxidation sites excluding steroid dienone is 2. The lowest BCUT2D eigenvalue weighted by Gasteiger charge is -2.28. The third-order valence-electron chi connectivity index (χ3n) is 5.98. The summed E-state index contributed by atoms with van der Waals surface area (Å²) in [4.78, 5) is 2.16. The van der Waals surface area contributed by atoms with Crippen molar-refractivity contribution in [3.8, 4) is 18.2 Å². The molecule has 0 amide bonds. The van der Waals surface area contributed by atoms with Crippen LogP contribution in [-0.4, -0.2) is 0 Å². The van der Waals surface area contributed by atoms with Gasteiger partial charge in [0.05, 0.1) is 5.57 Å². The van der Waals surface area contributed by atoms with Gasteiger partial charge in [-0.3, -0.25) is 0 Å². The van der Waals surface area contributed by atoms with E-state index >= 15 is 0 Å². The molecule has 0 spiro atoms. The number of nitriles is 3. The molecule has 0 unspecified atom stereocenters. The van der Waals surface area contributed by atoms with E-state index in [9.17, 15) is 15.8 Å². The Kier molecular flexibility index (Phi) is 7.14. The zero-order chi connectivity index (χ0) is 25.8. The van der Waals surface area contributed by atoms with E-state index in [-0.39, 0.29) is 22.0 Å². The van der Waals surface area contributed by atoms with Gasteiger partial charge in [-0.1, -0.05) is 77.9 Å². The lowest BCUT2D eigenvalue weighted by atomic mass is 9.86. The van der Waals surface area contributed by atoms with Crippen LogP contribution in [0.25, 0.3) is 5.57 Å². The van der Waals surface area contributed by atoms with E-state index in [4.69, 9.17) is 0 Å². The molecule has 3 aromatic rings. The molecule has 0 aromatic heterocycles. The molecule has 0 fully saturated rings. The Bertz CT molecular complexity index is 1270. The Morgan fingerprint density at radius 3 is 1.17 bits per heavy atom. The number of rotatable bonds is 4. The van der Waals surface area contributed by atoms with Gasteiger partial charge in [0.15, 0.2) is 0 Å². The first-order chi connectivity index (χ1) is 16.5. The number of benzene rings is 3. The second-order valence-corrected chi connectivity index (χ2v) is 10.6. The van der Waals surface area contributed by atoms with E-state index in [1.807, 2.05) is 30.3 Å². The summed E-state index contributed by atoms with van der Waals surface area (Å²) in [5.41, 5.74) is 5.99. The Morgan fingerprint density at radius 2 is 0.886 bits per heavy atom. The van der Waals surface area contributed by atoms with Gasteiger partial charge in [0.2, 0.25) is 0 Å². The molecule has 3 rings (SSSR count). The quantitative estimate of drug-likeness (QED) is 0.370. The summed E-state index contributed by atoms with van der Waals surface area (Å²) in [5.74, 6) is 0. The zero-order valence-corrected chi connectivity index (χ0v) is 21.2. The highest BCUT2D eigenvalue weighted by atomic mass is 15.1. The molecule has 174 valence electrons. The first-order valence-corrected chi connectivity index (χ1v) is 11.6. The monoisotopic (exact) mass is 458 g/mol. The van der Waals surface area contributed by atoms with Gasteiger partial charge < -0.3 is 4.90 Å². The zero-order valence-electron chi connectivity index (χ0n) is 21.2. The summed E-state index contributed by atoms with van der Waals surface area (Å²) in [6.07, 6.45) is 0. The molecule has 0 radical (unpaired) electrons. The van der Waals surface area contributed by atoms with E-state index in [0.29, 0.717) is 5.56 Å². The summed E-state index contributed by atoms with van der Waals surface area (Å²) < 4.78 is 0. The van der Waals surface area contributed by atoms with Crippen LogP contribution in [0.5, 0.6) is 0 Å². The minimum atomic E-state index is -0.187. The summed E-state index contributed by atoms with van der Waals surface area (Å²) in [6, 6.07) is 30.1. The fourth-order valence-corrected chi connectivity index (χ4v) is 3.85. The third kappa shape index (κ3) is 5.60. The average Bonchev–Trinajstić information content (AvgIpc) is 2.83. The standard InChI is InChI=1S/C31H30N4/c1-30(2,3)24-9-15-27(16-10-24)35(28-17-11-25(12-18-28)31(4,5)6)26-13-7-22(8-14-26)29(21-34)23(19-32)20-33/h7-18H,1-6H3. The Labute approximate surface area is 209 Å². The van der Waals surface area contributed by atoms with E-state index in [1.165, 1.54) is 11.1 Å². The molecule has 0 bridgehead atoms. The molecular formula is C31H30N4. The smallest absolute Gasteiger partial charge is 0.148 e. The Morgan fingerprint density at radius 1 is 0.543 bits per heavy atom. The highest BCUT2D eigenvalue weighted by molar-refractivity contribution is 5.85. The molecule has 0 heterocycles. The maximum atomic E-state index is 9.51. The van der Waals surface area contributed by atoms with Crippen molar-refractivity contribution >= 4 is 22.6 Å². The van der Waals surface area contributed by atoms with Gasteiger partial charge in [-0.15, -0.1) is 0 Å². The van der Waals surface area contributed by atoms with Crippen LogP contribution in [0.3, 0.4) is 0 Å². The van der Waals surface area contributed by atoms with Crippen molar-refractivity contribution < 1.29 is 0 Å². The summed E-state index contributed by atoms with van der Waals surface area (Å²) in [7, 11) is 0. The first kappa shape index (κ1) is 25.3. The van der Waals surface area contributed by atoms with Crippen molar-refractivity contribution in [1.82, 2.24) is 0 Å². The van der Waals surface area contributed by atoms with Crippen LogP contribution in [0.4, 0.5) is 17.1 Å². The van der Waals surface area contributed by atoms with Crippen LogP contribution >= 0.6 is 0 Å². The van der Waals surface area contributed by atoms with Crippen molar-refractivity contribution in [3.05, 3.63) is 95.1 Å². The van der Waals surface area contributed by atoms with Gasteiger partial charge in [-0.25, -0.2) is 0 Å². The average molecular weight is 459 g/mol. The van der Waals surface area contributed by atoms with Gasteiger partial charge in [0.1, 0.15) is 23.8 Å². The number of nitrogens with zero attached hydrogens (tertiary/aromatic N) is 4. The fraction of sp³-hybridized carbons (Fsp3) is 0.258. The van der Waals surface area contributed by atoms with Crippen molar-refractivity contribution in [2.24, 2.45) is 0 Å². The molecular weight excluding hydrogens is 428 g/mol. The lowest BCUT2D eigenvalue weighted by Crippen LogP contribution is -2.14. The maximum absolute atomic E-state index is 9.51. The van der Waals surface area contributed by atoms with Crippen LogP contribution in [0.1, 0.15) is 58.2 Å². The molecule has 4 heteroatoms. The van der Waals surface area contributed by atoms with Gasteiger partial charge in [-0.2, -0.15) is 15.8 Å². The predicted octanol–water partition coefficient (Wildman–Crippen LogP) is 8.08. The van der Waals surface area contributed by atoms with Crippen molar-refractivity contribution in [2.75, 3.05) is 4.90 Å². The minimum absolute atomic E-state index is 0.0542. The molecule has 0 N–H and O–H groups in total. The molecule has 0 atom stereocenters. The number of anilines is 3. The Balaban J connectivity index is 2.12. The molecule has 0 saturated heterocycles. The van der Waals surface area contributed by atoms with Crippen molar-refractivity contribution in [3.63, 3.8) is 0 Å². The molecule has 0 saturated carbocycles. The van der Waals surface area contributed by atoms with E-state index in [0.717, 1.165) is 17.1 Å². The SMILES string of the molecule is CC(C)(C)c1ccc(N(c2ccc(C(C#N)=C(C#N)C#N)cc2)c2ccc(C(C)(C)C)cc2)cc1. The molecule has 35 heavy (non-hydrogen) atoms. The van der Waals surface area contributed by atoms with Crippen LogP contribution in [0.2, 0.25) is 0 Å². The highest BCUT2D eigenvalue weighted by Crippen LogP contribution is 2.37. The third-order valence-corrected chi connectivity index (χ3v) is 5.98. The topological polar surface area (TPSA) is 74.6 Å². The van der Waals surface area contributed by atoms with E-state index in [2.05, 4.69) is 95.0 Å². The predicted molar refractivity (Wildman–Crippen MR) is 142 cm³/mol. The second kappa shape index (κ2) is 9.89. The van der Waals surface area contributed by atoms with Crippen LogP contribution in [-0.2, 0) is 10.8 Å². The lowest BCUT2D eigenvalue weighted by molar-refractivity contribution is 0.590. The van der Waals surface area contributed by atoms with Crippen molar-refractivity contribution in [2.45, 2.75) is 52.4 Å². The number of hydrogen-bond acceptors (Lipinski definition) is 4. The van der Waals surface area contributed by atoms with Gasteiger partial charge in [-0.05, 0) is 63.9 Å². The molecule has 0 aliphatic rings. The summed E-state index contributed by atoms with van der Waals surface area (Å²) >= 11 is 0. The second-order valence-electron chi connectivity index (χ2n) is 10.6.